The molecule has 2 aromatic rings. The molecule has 0 aliphatic carbocycles. The molecule has 142 valence electrons. The predicted molar refractivity (Wildman–Crippen MR) is 108 cm³/mol. The first kappa shape index (κ1) is 17.4. The fraction of sp³-hybridized carbons (Fsp3) is 0.455. The van der Waals surface area contributed by atoms with E-state index in [1.807, 2.05) is 6.07 Å². The third-order valence-electron chi connectivity index (χ3n) is 6.46. The minimum Gasteiger partial charge on any atom is -0.472 e. The van der Waals surface area contributed by atoms with Crippen LogP contribution in [-0.4, -0.2) is 30.5 Å². The van der Waals surface area contributed by atoms with Crippen molar-refractivity contribution in [3.8, 4) is 17.2 Å². The number of hydrogen-bond acceptors (Lipinski definition) is 4. The number of fused-ring (bicyclic) bond motifs is 2. The van der Waals surface area contributed by atoms with Crippen molar-refractivity contribution in [3.63, 3.8) is 0 Å². The second-order valence-corrected chi connectivity index (χ2v) is 8.83. The summed E-state index contributed by atoms with van der Waals surface area (Å²) in [5, 5.41) is 0. The Morgan fingerprint density at radius 2 is 1.67 bits per heavy atom. The van der Waals surface area contributed by atoms with Crippen molar-refractivity contribution in [2.45, 2.75) is 38.3 Å². The number of hydrogen-bond donors (Lipinski definition) is 0. The summed E-state index contributed by atoms with van der Waals surface area (Å²) in [5.41, 5.74) is 2.15. The summed E-state index contributed by atoms with van der Waals surface area (Å²) < 4.78 is 19.1. The molecular formula is C22H24BrNO3. The van der Waals surface area contributed by atoms with Crippen LogP contribution < -0.4 is 14.2 Å². The van der Waals surface area contributed by atoms with Gasteiger partial charge in [0.25, 0.3) is 0 Å². The van der Waals surface area contributed by atoms with E-state index in [0.717, 1.165) is 34.8 Å². The molecule has 3 aliphatic heterocycles. The first-order valence-corrected chi connectivity index (χ1v) is 10.5. The number of rotatable bonds is 2. The molecule has 0 unspecified atom stereocenters. The monoisotopic (exact) mass is 429 g/mol. The van der Waals surface area contributed by atoms with E-state index in [4.69, 9.17) is 14.2 Å². The van der Waals surface area contributed by atoms with Crippen LogP contribution in [0.1, 0.15) is 43.7 Å². The summed E-state index contributed by atoms with van der Waals surface area (Å²) in [5.74, 6) is 3.05. The van der Waals surface area contributed by atoms with Gasteiger partial charge >= 0.3 is 0 Å². The lowest BCUT2D eigenvalue weighted by molar-refractivity contribution is -0.114. The molecule has 5 heteroatoms. The van der Waals surface area contributed by atoms with Gasteiger partial charge in [0.1, 0.15) is 5.75 Å². The summed E-state index contributed by atoms with van der Waals surface area (Å²) in [6, 6.07) is 12.8. The zero-order valence-electron chi connectivity index (χ0n) is 15.7. The predicted octanol–water partition coefficient (Wildman–Crippen LogP) is 5.15. The van der Waals surface area contributed by atoms with E-state index in [-0.39, 0.29) is 18.4 Å². The molecule has 0 spiro atoms. The maximum Gasteiger partial charge on any atom is 0.231 e. The summed E-state index contributed by atoms with van der Waals surface area (Å²) in [6.07, 6.45) is 2.48. The maximum absolute atomic E-state index is 6.70. The molecule has 27 heavy (non-hydrogen) atoms. The largest absolute Gasteiger partial charge is 0.472 e. The number of likely N-dealkylation sites (tertiary alicyclic amines) is 1. The Kier molecular flexibility index (Phi) is 4.13. The quantitative estimate of drug-likeness (QED) is 0.660. The van der Waals surface area contributed by atoms with Crippen molar-refractivity contribution in [3.05, 3.63) is 52.0 Å². The minimum absolute atomic E-state index is 0.238. The Labute approximate surface area is 168 Å². The second-order valence-electron chi connectivity index (χ2n) is 7.91. The number of benzene rings is 2. The van der Waals surface area contributed by atoms with Crippen LogP contribution in [0, 0.1) is 5.92 Å². The SMILES string of the molecule is C[C@@H]1[C@H](c2ccc(Br)cc2)c2cc3c(cc2O[C@]1(C)N1CCCC1)OCO3. The summed E-state index contributed by atoms with van der Waals surface area (Å²) in [4.78, 5) is 2.51. The van der Waals surface area contributed by atoms with Crippen molar-refractivity contribution < 1.29 is 14.2 Å². The normalized spacial score (nSPS) is 29.4. The van der Waals surface area contributed by atoms with Crippen molar-refractivity contribution in [2.75, 3.05) is 19.9 Å². The third kappa shape index (κ3) is 2.74. The van der Waals surface area contributed by atoms with Gasteiger partial charge in [-0.3, -0.25) is 4.90 Å². The molecule has 0 saturated carbocycles. The molecule has 5 rings (SSSR count). The summed E-state index contributed by atoms with van der Waals surface area (Å²) in [7, 11) is 0. The zero-order chi connectivity index (χ0) is 18.6. The van der Waals surface area contributed by atoms with Crippen molar-refractivity contribution in [1.82, 2.24) is 4.90 Å². The number of halogens is 1. The fourth-order valence-corrected chi connectivity index (χ4v) is 5.08. The van der Waals surface area contributed by atoms with E-state index < -0.39 is 0 Å². The smallest absolute Gasteiger partial charge is 0.231 e. The Hall–Kier alpha value is -1.72. The van der Waals surface area contributed by atoms with Gasteiger partial charge in [-0.05, 0) is 43.5 Å². The molecule has 0 N–H and O–H groups in total. The van der Waals surface area contributed by atoms with Crippen LogP contribution in [0.3, 0.4) is 0 Å². The minimum atomic E-state index is -0.338. The van der Waals surface area contributed by atoms with Gasteiger partial charge in [0.15, 0.2) is 17.2 Å². The van der Waals surface area contributed by atoms with Gasteiger partial charge in [-0.2, -0.15) is 0 Å². The molecular weight excluding hydrogens is 406 g/mol. The maximum atomic E-state index is 6.70. The van der Waals surface area contributed by atoms with Crippen LogP contribution in [0.5, 0.6) is 17.2 Å². The van der Waals surface area contributed by atoms with Crippen LogP contribution >= 0.6 is 15.9 Å². The first-order valence-electron chi connectivity index (χ1n) is 9.69. The molecule has 0 amide bonds. The molecule has 3 atom stereocenters. The Morgan fingerprint density at radius 1 is 1.00 bits per heavy atom. The van der Waals surface area contributed by atoms with E-state index in [1.54, 1.807) is 0 Å². The highest BCUT2D eigenvalue weighted by Gasteiger charge is 2.49. The standard InChI is InChI=1S/C22H24BrNO3/c1-14-21(15-5-7-16(23)8-6-15)17-11-19-20(26-13-25-19)12-18(17)27-22(14,2)24-9-3-4-10-24/h5-8,11-12,14,21H,3-4,9-10,13H2,1-2H3/t14-,21-,22+/m1/s1. The lowest BCUT2D eigenvalue weighted by atomic mass is 9.74. The molecule has 2 aromatic carbocycles. The van der Waals surface area contributed by atoms with Crippen LogP contribution in [0.15, 0.2) is 40.9 Å². The lowest BCUT2D eigenvalue weighted by Crippen LogP contribution is -2.57. The van der Waals surface area contributed by atoms with Crippen LogP contribution in [0.25, 0.3) is 0 Å². The van der Waals surface area contributed by atoms with E-state index >= 15 is 0 Å². The fourth-order valence-electron chi connectivity index (χ4n) is 4.82. The lowest BCUT2D eigenvalue weighted by Gasteiger charge is -2.50. The molecule has 1 saturated heterocycles. The van der Waals surface area contributed by atoms with Gasteiger partial charge in [-0.15, -0.1) is 0 Å². The van der Waals surface area contributed by atoms with Gasteiger partial charge in [0.2, 0.25) is 6.79 Å². The molecule has 3 aliphatic rings. The van der Waals surface area contributed by atoms with Crippen LogP contribution in [0.2, 0.25) is 0 Å². The average molecular weight is 430 g/mol. The Balaban J connectivity index is 1.66. The Morgan fingerprint density at radius 3 is 2.37 bits per heavy atom. The van der Waals surface area contributed by atoms with Gasteiger partial charge < -0.3 is 14.2 Å². The van der Waals surface area contributed by atoms with Crippen molar-refractivity contribution >= 4 is 15.9 Å². The van der Waals surface area contributed by atoms with E-state index in [2.05, 4.69) is 65.0 Å². The van der Waals surface area contributed by atoms with Crippen LogP contribution in [0.4, 0.5) is 0 Å². The van der Waals surface area contributed by atoms with Gasteiger partial charge in [0.05, 0.1) is 0 Å². The third-order valence-corrected chi connectivity index (χ3v) is 6.99. The first-order chi connectivity index (χ1) is 13.1. The summed E-state index contributed by atoms with van der Waals surface area (Å²) in [6.45, 7) is 7.03. The van der Waals surface area contributed by atoms with Crippen LogP contribution in [-0.2, 0) is 0 Å². The average Bonchev–Trinajstić information content (AvgIpc) is 3.34. The van der Waals surface area contributed by atoms with Gasteiger partial charge in [-0.1, -0.05) is 35.0 Å². The molecule has 1 fully saturated rings. The molecule has 3 heterocycles. The highest BCUT2D eigenvalue weighted by atomic mass is 79.9. The van der Waals surface area contributed by atoms with E-state index in [0.29, 0.717) is 5.92 Å². The van der Waals surface area contributed by atoms with Crippen molar-refractivity contribution in [2.24, 2.45) is 5.92 Å². The topological polar surface area (TPSA) is 30.9 Å². The molecule has 4 nitrogen and oxygen atoms in total. The second kappa shape index (κ2) is 6.42. The summed E-state index contributed by atoms with van der Waals surface area (Å²) >= 11 is 3.56. The molecule has 0 aromatic heterocycles. The number of ether oxygens (including phenoxy) is 3. The molecule has 0 radical (unpaired) electrons. The van der Waals surface area contributed by atoms with Gasteiger partial charge in [0, 0.05) is 41.0 Å². The molecule has 0 bridgehead atoms. The zero-order valence-corrected chi connectivity index (χ0v) is 17.3. The highest BCUT2D eigenvalue weighted by molar-refractivity contribution is 9.10. The highest BCUT2D eigenvalue weighted by Crippen LogP contribution is 2.53. The van der Waals surface area contributed by atoms with Gasteiger partial charge in [-0.25, -0.2) is 0 Å². The Bertz CT molecular complexity index is 863. The number of nitrogens with zero attached hydrogens (tertiary/aromatic N) is 1. The van der Waals surface area contributed by atoms with E-state index in [1.165, 1.54) is 24.0 Å². The van der Waals surface area contributed by atoms with E-state index in [9.17, 15) is 0 Å². The van der Waals surface area contributed by atoms with Crippen molar-refractivity contribution in [1.29, 1.82) is 0 Å².